The highest BCUT2D eigenvalue weighted by Crippen LogP contribution is 2.38. The molecule has 2 nitrogen and oxygen atoms in total. The van der Waals surface area contributed by atoms with Crippen molar-refractivity contribution in [1.29, 1.82) is 0 Å². The van der Waals surface area contributed by atoms with Crippen molar-refractivity contribution in [3.8, 4) is 0 Å². The average Bonchev–Trinajstić information content (AvgIpc) is 2.82. The van der Waals surface area contributed by atoms with E-state index in [0.717, 1.165) is 15.0 Å². The van der Waals surface area contributed by atoms with E-state index in [1.165, 1.54) is 11.8 Å². The van der Waals surface area contributed by atoms with Gasteiger partial charge in [-0.15, -0.1) is 11.3 Å². The first-order chi connectivity index (χ1) is 8.65. The third kappa shape index (κ3) is 2.07. The molecule has 0 radical (unpaired) electrons. The van der Waals surface area contributed by atoms with Gasteiger partial charge in [0.2, 0.25) is 0 Å². The molecule has 1 aliphatic heterocycles. The Hall–Kier alpha value is -0.880. The quantitative estimate of drug-likeness (QED) is 0.636. The van der Waals surface area contributed by atoms with E-state index in [1.807, 2.05) is 24.3 Å². The minimum Gasteiger partial charge on any atom is -0.307 e. The molecule has 0 saturated carbocycles. The second kappa shape index (κ2) is 4.66. The molecule has 1 aromatic carbocycles. The lowest BCUT2D eigenvalue weighted by Crippen LogP contribution is -2.17. The first-order valence-electron chi connectivity index (χ1n) is 5.07. The van der Waals surface area contributed by atoms with Gasteiger partial charge in [-0.1, -0.05) is 53.8 Å². The van der Waals surface area contributed by atoms with E-state index < -0.39 is 0 Å². The van der Waals surface area contributed by atoms with Crippen molar-refractivity contribution >= 4 is 73.3 Å². The molecule has 0 atom stereocenters. The Kier molecular flexibility index (Phi) is 3.15. The number of amides is 1. The molecule has 0 aliphatic carbocycles. The average molecular weight is 312 g/mol. The summed E-state index contributed by atoms with van der Waals surface area (Å²) in [6, 6.07) is 7.91. The number of rotatable bonds is 1. The van der Waals surface area contributed by atoms with Crippen molar-refractivity contribution in [2.75, 3.05) is 0 Å². The second-order valence-electron chi connectivity index (χ2n) is 3.63. The molecule has 18 heavy (non-hydrogen) atoms. The van der Waals surface area contributed by atoms with Gasteiger partial charge in [-0.2, -0.15) is 0 Å². The van der Waals surface area contributed by atoms with Crippen LogP contribution in [0.1, 0.15) is 4.88 Å². The molecule has 0 unspecified atom stereocenters. The van der Waals surface area contributed by atoms with Crippen LogP contribution in [0.15, 0.2) is 29.2 Å². The number of thioether (sulfide) groups is 1. The topological polar surface area (TPSA) is 29.1 Å². The maximum Gasteiger partial charge on any atom is 0.263 e. The molecule has 0 bridgehead atoms. The molecule has 1 aliphatic rings. The Balaban J connectivity index is 2.10. The van der Waals surface area contributed by atoms with Crippen molar-refractivity contribution in [2.45, 2.75) is 0 Å². The molecule has 1 saturated heterocycles. The minimum absolute atomic E-state index is 0.154. The molecule has 6 heteroatoms. The molecule has 1 N–H and O–H groups in total. The molecule has 2 aromatic rings. The molecule has 1 aromatic heterocycles. The predicted octanol–water partition coefficient (Wildman–Crippen LogP) is 4.04. The number of thiophene rings is 1. The lowest BCUT2D eigenvalue weighted by atomic mass is 10.2. The van der Waals surface area contributed by atoms with Crippen molar-refractivity contribution in [2.24, 2.45) is 0 Å². The zero-order valence-electron chi connectivity index (χ0n) is 8.90. The Bertz CT molecular complexity index is 704. The molecule has 3 rings (SSSR count). The molecule has 90 valence electrons. The third-order valence-corrected chi connectivity index (χ3v) is 5.26. The van der Waals surface area contributed by atoms with Gasteiger partial charge < -0.3 is 5.32 Å². The number of hydrogen-bond acceptors (Lipinski definition) is 4. The van der Waals surface area contributed by atoms with E-state index in [1.54, 1.807) is 17.4 Å². The van der Waals surface area contributed by atoms with Crippen molar-refractivity contribution < 1.29 is 4.79 Å². The number of carbonyl (C=O) groups is 1. The summed E-state index contributed by atoms with van der Waals surface area (Å²) >= 11 is 14.1. The Morgan fingerprint density at radius 2 is 2.11 bits per heavy atom. The maximum atomic E-state index is 11.6. The number of fused-ring (bicyclic) bond motifs is 1. The summed E-state index contributed by atoms with van der Waals surface area (Å²) in [5.74, 6) is -0.154. The first kappa shape index (κ1) is 12.2. The lowest BCUT2D eigenvalue weighted by molar-refractivity contribution is -0.115. The molecular weight excluding hydrogens is 306 g/mol. The van der Waals surface area contributed by atoms with Crippen LogP contribution in [-0.2, 0) is 4.79 Å². The summed E-state index contributed by atoms with van der Waals surface area (Å²) < 4.78 is 1.60. The van der Waals surface area contributed by atoms with Gasteiger partial charge in [0.25, 0.3) is 5.91 Å². The summed E-state index contributed by atoms with van der Waals surface area (Å²) in [5.41, 5.74) is 0. The van der Waals surface area contributed by atoms with Crippen LogP contribution < -0.4 is 5.32 Å². The number of carbonyl (C=O) groups excluding carboxylic acids is 1. The van der Waals surface area contributed by atoms with Gasteiger partial charge in [0.1, 0.15) is 4.32 Å². The number of hydrogen-bond donors (Lipinski definition) is 1. The van der Waals surface area contributed by atoms with Crippen LogP contribution in [-0.4, -0.2) is 10.2 Å². The van der Waals surface area contributed by atoms with E-state index >= 15 is 0 Å². The summed E-state index contributed by atoms with van der Waals surface area (Å²) in [5, 5.41) is 4.29. The zero-order valence-corrected chi connectivity index (χ0v) is 12.1. The predicted molar refractivity (Wildman–Crippen MR) is 83.1 cm³/mol. The van der Waals surface area contributed by atoms with Crippen molar-refractivity contribution in [3.63, 3.8) is 0 Å². The van der Waals surface area contributed by atoms with Crippen LogP contribution in [0.3, 0.4) is 0 Å². The fourth-order valence-corrected chi connectivity index (χ4v) is 4.20. The fraction of sp³-hybridized carbons (Fsp3) is 0. The highest BCUT2D eigenvalue weighted by molar-refractivity contribution is 8.26. The third-order valence-electron chi connectivity index (χ3n) is 2.46. The van der Waals surface area contributed by atoms with Gasteiger partial charge in [0, 0.05) is 15.0 Å². The number of halogens is 1. The largest absolute Gasteiger partial charge is 0.307 e. The number of thiocarbonyl (C=S) groups is 1. The second-order valence-corrected chi connectivity index (χ2v) is 6.81. The Morgan fingerprint density at radius 1 is 1.33 bits per heavy atom. The van der Waals surface area contributed by atoms with E-state index in [-0.39, 0.29) is 5.91 Å². The molecule has 1 amide bonds. The van der Waals surface area contributed by atoms with Gasteiger partial charge >= 0.3 is 0 Å². The van der Waals surface area contributed by atoms with Crippen molar-refractivity contribution in [1.82, 2.24) is 5.32 Å². The minimum atomic E-state index is -0.154. The Labute approximate surface area is 122 Å². The van der Waals surface area contributed by atoms with Crippen LogP contribution in [0.5, 0.6) is 0 Å². The Morgan fingerprint density at radius 3 is 2.78 bits per heavy atom. The maximum absolute atomic E-state index is 11.6. The fourth-order valence-electron chi connectivity index (χ4n) is 1.67. The van der Waals surface area contributed by atoms with E-state index in [9.17, 15) is 4.79 Å². The monoisotopic (exact) mass is 311 g/mol. The van der Waals surface area contributed by atoms with Crippen LogP contribution >= 0.6 is 46.9 Å². The highest BCUT2D eigenvalue weighted by Gasteiger charge is 2.23. The summed E-state index contributed by atoms with van der Waals surface area (Å²) in [6.45, 7) is 0. The van der Waals surface area contributed by atoms with Gasteiger partial charge in [0.15, 0.2) is 0 Å². The highest BCUT2D eigenvalue weighted by atomic mass is 35.5. The van der Waals surface area contributed by atoms with Gasteiger partial charge in [-0.3, -0.25) is 4.79 Å². The lowest BCUT2D eigenvalue weighted by Gasteiger charge is -1.91. The number of nitrogens with one attached hydrogen (secondary N) is 1. The number of benzene rings is 1. The van der Waals surface area contributed by atoms with Crippen LogP contribution in [0.25, 0.3) is 16.2 Å². The SMILES string of the molecule is O=C1NC(=S)SC1=Cc1sc2ccccc2c1Cl. The van der Waals surface area contributed by atoms with Gasteiger partial charge in [-0.05, 0) is 12.1 Å². The summed E-state index contributed by atoms with van der Waals surface area (Å²) in [6.07, 6.45) is 1.80. The molecule has 1 fully saturated rings. The van der Waals surface area contributed by atoms with Crippen molar-refractivity contribution in [3.05, 3.63) is 39.1 Å². The van der Waals surface area contributed by atoms with E-state index in [2.05, 4.69) is 5.32 Å². The van der Waals surface area contributed by atoms with Crippen LogP contribution in [0.4, 0.5) is 0 Å². The van der Waals surface area contributed by atoms with E-state index in [4.69, 9.17) is 23.8 Å². The van der Waals surface area contributed by atoms with Gasteiger partial charge in [0.05, 0.1) is 9.93 Å². The van der Waals surface area contributed by atoms with Crippen LogP contribution in [0.2, 0.25) is 5.02 Å². The summed E-state index contributed by atoms with van der Waals surface area (Å²) in [4.78, 5) is 13.1. The zero-order chi connectivity index (χ0) is 12.7. The molecule has 0 spiro atoms. The first-order valence-corrected chi connectivity index (χ1v) is 7.49. The standard InChI is InChI=1S/C12H6ClNOS3/c13-10-6-3-1-2-4-7(6)17-8(10)5-9-11(15)14-12(16)18-9/h1-5H,(H,14,15,16). The molecule has 2 heterocycles. The summed E-state index contributed by atoms with van der Waals surface area (Å²) in [7, 11) is 0. The normalized spacial score (nSPS) is 17.7. The molecular formula is C12H6ClNOS3. The van der Waals surface area contributed by atoms with Crippen LogP contribution in [0, 0.1) is 0 Å². The van der Waals surface area contributed by atoms with E-state index in [0.29, 0.717) is 14.2 Å². The smallest absolute Gasteiger partial charge is 0.263 e. The van der Waals surface area contributed by atoms with Gasteiger partial charge in [-0.25, -0.2) is 0 Å².